The first kappa shape index (κ1) is 26.5. The maximum Gasteiger partial charge on any atom is 0.311 e. The highest BCUT2D eigenvalue weighted by Crippen LogP contribution is 2.29. The molecule has 0 spiro atoms. The molecule has 3 heteroatoms. The zero-order chi connectivity index (χ0) is 26.4. The van der Waals surface area contributed by atoms with Gasteiger partial charge in [0.05, 0.1) is 13.0 Å². The van der Waals surface area contributed by atoms with E-state index in [1.807, 2.05) is 91.9 Å². The molecule has 0 amide bonds. The van der Waals surface area contributed by atoms with Crippen LogP contribution in [0.5, 0.6) is 0 Å². The Hall–Kier alpha value is -4.55. The Morgan fingerprint density at radius 1 is 0.789 bits per heavy atom. The van der Waals surface area contributed by atoms with Gasteiger partial charge >= 0.3 is 5.97 Å². The Morgan fingerprint density at radius 3 is 1.95 bits per heavy atom. The molecule has 0 heterocycles. The first-order chi connectivity index (χ1) is 18.7. The summed E-state index contributed by atoms with van der Waals surface area (Å²) in [5.41, 5.74) is 5.24. The van der Waals surface area contributed by atoms with Gasteiger partial charge in [0.15, 0.2) is 0 Å². The van der Waals surface area contributed by atoms with Crippen LogP contribution in [0.25, 0.3) is 0 Å². The number of ether oxygens (including phenoxy) is 1. The van der Waals surface area contributed by atoms with Gasteiger partial charge < -0.3 is 9.64 Å². The molecule has 0 aromatic heterocycles. The average molecular weight is 500 g/mol. The summed E-state index contributed by atoms with van der Waals surface area (Å²) >= 11 is 0. The molecule has 3 nitrogen and oxygen atoms in total. The molecule has 4 rings (SSSR count). The van der Waals surface area contributed by atoms with Gasteiger partial charge in [-0.1, -0.05) is 127 Å². The number of rotatable bonds is 10. The van der Waals surface area contributed by atoms with Crippen LogP contribution in [0.4, 0.5) is 0 Å². The fourth-order valence-corrected chi connectivity index (χ4v) is 4.29. The van der Waals surface area contributed by atoms with Gasteiger partial charge in [-0.05, 0) is 42.2 Å². The molecule has 0 saturated heterocycles. The number of nitrogens with zero attached hydrogens (tertiary/aromatic N) is 1. The summed E-state index contributed by atoms with van der Waals surface area (Å²) in [7, 11) is 0. The van der Waals surface area contributed by atoms with E-state index in [-0.39, 0.29) is 18.4 Å². The number of esters is 1. The highest BCUT2D eigenvalue weighted by Gasteiger charge is 2.23. The van der Waals surface area contributed by atoms with Crippen molar-refractivity contribution in [1.29, 1.82) is 0 Å². The van der Waals surface area contributed by atoms with E-state index in [9.17, 15) is 4.79 Å². The Balaban J connectivity index is 1.81. The lowest BCUT2D eigenvalue weighted by Crippen LogP contribution is -2.29. The van der Waals surface area contributed by atoms with Gasteiger partial charge in [0.1, 0.15) is 6.04 Å². The Kier molecular flexibility index (Phi) is 9.95. The van der Waals surface area contributed by atoms with Crippen LogP contribution < -0.4 is 0 Å². The molecular formula is C35H33NO2. The molecule has 4 aromatic carbocycles. The molecule has 1 atom stereocenters. The maximum atomic E-state index is 12.8. The third kappa shape index (κ3) is 7.98. The summed E-state index contributed by atoms with van der Waals surface area (Å²) in [6.07, 6.45) is 3.02. The molecule has 0 saturated carbocycles. The number of carbonyl (C=O) groups is 1. The molecule has 0 aliphatic heterocycles. The van der Waals surface area contributed by atoms with Gasteiger partial charge in [-0.25, -0.2) is 0 Å². The summed E-state index contributed by atoms with van der Waals surface area (Å²) in [5.74, 6) is 6.68. The molecule has 0 radical (unpaired) electrons. The van der Waals surface area contributed by atoms with Gasteiger partial charge in [-0.15, -0.1) is 0 Å². The van der Waals surface area contributed by atoms with Crippen molar-refractivity contribution in [3.8, 4) is 11.8 Å². The quantitative estimate of drug-likeness (QED) is 0.169. The zero-order valence-corrected chi connectivity index (χ0v) is 21.8. The van der Waals surface area contributed by atoms with Crippen LogP contribution >= 0.6 is 0 Å². The lowest BCUT2D eigenvalue weighted by molar-refractivity contribution is -0.142. The number of hydrogen-bond donors (Lipinski definition) is 0. The maximum absolute atomic E-state index is 12.8. The van der Waals surface area contributed by atoms with Crippen molar-refractivity contribution in [2.75, 3.05) is 6.61 Å². The zero-order valence-electron chi connectivity index (χ0n) is 21.8. The molecule has 1 unspecified atom stereocenters. The van der Waals surface area contributed by atoms with Crippen molar-refractivity contribution < 1.29 is 9.53 Å². The molecule has 4 aromatic rings. The number of benzene rings is 4. The van der Waals surface area contributed by atoms with E-state index in [1.165, 1.54) is 5.56 Å². The highest BCUT2D eigenvalue weighted by atomic mass is 16.5. The topological polar surface area (TPSA) is 29.5 Å². The average Bonchev–Trinajstić information content (AvgIpc) is 2.97. The molecular weight excluding hydrogens is 466 g/mol. The van der Waals surface area contributed by atoms with Crippen molar-refractivity contribution in [3.63, 3.8) is 0 Å². The van der Waals surface area contributed by atoms with Crippen LogP contribution in [0, 0.1) is 11.8 Å². The van der Waals surface area contributed by atoms with Crippen LogP contribution in [0.15, 0.2) is 133 Å². The predicted molar refractivity (Wildman–Crippen MR) is 154 cm³/mol. The van der Waals surface area contributed by atoms with Gasteiger partial charge in [0, 0.05) is 17.8 Å². The first-order valence-electron chi connectivity index (χ1n) is 13.0. The van der Waals surface area contributed by atoms with E-state index in [4.69, 9.17) is 4.74 Å². The second-order valence-electron chi connectivity index (χ2n) is 8.93. The summed E-state index contributed by atoms with van der Waals surface area (Å²) in [6, 6.07) is 40.6. The smallest absolute Gasteiger partial charge is 0.311 e. The van der Waals surface area contributed by atoms with E-state index >= 15 is 0 Å². The highest BCUT2D eigenvalue weighted by molar-refractivity contribution is 5.72. The van der Waals surface area contributed by atoms with Crippen molar-refractivity contribution in [1.82, 2.24) is 4.90 Å². The minimum Gasteiger partial charge on any atom is -0.466 e. The number of allylic oxidation sites excluding steroid dienone is 1. The van der Waals surface area contributed by atoms with E-state index in [0.717, 1.165) is 22.4 Å². The molecule has 0 bridgehead atoms. The largest absolute Gasteiger partial charge is 0.466 e. The SMILES string of the molecule is CCOC(=O)C/C(=C/Cc1ccccc1)N(Cc1ccccc1)C(C#Cc1ccccc1)c1ccccc1. The predicted octanol–water partition coefficient (Wildman–Crippen LogP) is 7.36. The fraction of sp³-hybridized carbons (Fsp3) is 0.171. The van der Waals surface area contributed by atoms with Gasteiger partial charge in [-0.3, -0.25) is 4.79 Å². The molecule has 0 N–H and O–H groups in total. The summed E-state index contributed by atoms with van der Waals surface area (Å²) < 4.78 is 5.40. The Labute approximate surface area is 226 Å². The van der Waals surface area contributed by atoms with Crippen LogP contribution in [0.3, 0.4) is 0 Å². The van der Waals surface area contributed by atoms with Gasteiger partial charge in [-0.2, -0.15) is 0 Å². The molecule has 38 heavy (non-hydrogen) atoms. The van der Waals surface area contributed by atoms with Crippen LogP contribution in [-0.2, 0) is 22.5 Å². The third-order valence-electron chi connectivity index (χ3n) is 6.17. The lowest BCUT2D eigenvalue weighted by atomic mass is 10.0. The van der Waals surface area contributed by atoms with Gasteiger partial charge in [0.25, 0.3) is 0 Å². The summed E-state index contributed by atoms with van der Waals surface area (Å²) in [6.45, 7) is 2.79. The Morgan fingerprint density at radius 2 is 1.34 bits per heavy atom. The number of carbonyl (C=O) groups excluding carboxylic acids is 1. The molecule has 0 aliphatic rings. The van der Waals surface area contributed by atoms with Crippen molar-refractivity contribution in [2.45, 2.75) is 32.4 Å². The molecule has 0 aliphatic carbocycles. The van der Waals surface area contributed by atoms with Gasteiger partial charge in [0.2, 0.25) is 0 Å². The fourth-order valence-electron chi connectivity index (χ4n) is 4.29. The monoisotopic (exact) mass is 499 g/mol. The van der Waals surface area contributed by atoms with Crippen LogP contribution in [0.1, 0.15) is 41.6 Å². The van der Waals surface area contributed by atoms with Crippen molar-refractivity contribution in [3.05, 3.63) is 155 Å². The van der Waals surface area contributed by atoms with E-state index in [0.29, 0.717) is 19.6 Å². The first-order valence-corrected chi connectivity index (χ1v) is 13.0. The Bertz CT molecular complexity index is 1350. The third-order valence-corrected chi connectivity index (χ3v) is 6.17. The second kappa shape index (κ2) is 14.3. The minimum atomic E-state index is -0.270. The van der Waals surface area contributed by atoms with E-state index in [2.05, 4.69) is 59.2 Å². The molecule has 0 fully saturated rings. The van der Waals surface area contributed by atoms with Crippen molar-refractivity contribution >= 4 is 5.97 Å². The second-order valence-corrected chi connectivity index (χ2v) is 8.93. The summed E-state index contributed by atoms with van der Waals surface area (Å²) in [5, 5.41) is 0. The van der Waals surface area contributed by atoms with Crippen LogP contribution in [-0.4, -0.2) is 17.5 Å². The van der Waals surface area contributed by atoms with Crippen LogP contribution in [0.2, 0.25) is 0 Å². The van der Waals surface area contributed by atoms with Crippen molar-refractivity contribution in [2.24, 2.45) is 0 Å². The van der Waals surface area contributed by atoms with E-state index < -0.39 is 0 Å². The normalized spacial score (nSPS) is 11.7. The molecule has 190 valence electrons. The standard InChI is InChI=1S/C35H33NO2/c1-2-38-35(37)27-33(25-23-29-15-7-3-8-16-29)36(28-31-19-11-5-12-20-31)34(32-21-13-6-14-22-32)26-24-30-17-9-4-10-18-30/h3-22,25,34H,2,23,27-28H2,1H3/b33-25-. The lowest BCUT2D eigenvalue weighted by Gasteiger charge is -2.33. The summed E-state index contributed by atoms with van der Waals surface area (Å²) in [4.78, 5) is 15.1. The van der Waals surface area contributed by atoms with E-state index in [1.54, 1.807) is 0 Å². The number of hydrogen-bond acceptors (Lipinski definition) is 3. The minimum absolute atomic E-state index is 0.170.